The summed E-state index contributed by atoms with van der Waals surface area (Å²) in [6.45, 7) is 3.15. The van der Waals surface area contributed by atoms with E-state index >= 15 is 0 Å². The van der Waals surface area contributed by atoms with E-state index in [9.17, 15) is 4.79 Å². The Hall–Kier alpha value is -2.99. The zero-order valence-corrected chi connectivity index (χ0v) is 17.0. The van der Waals surface area contributed by atoms with Gasteiger partial charge in [0, 0.05) is 41.8 Å². The molecule has 2 aromatic carbocycles. The summed E-state index contributed by atoms with van der Waals surface area (Å²) in [6.07, 6.45) is 4.43. The quantitative estimate of drug-likeness (QED) is 0.689. The van der Waals surface area contributed by atoms with Crippen molar-refractivity contribution in [3.63, 3.8) is 0 Å². The highest BCUT2D eigenvalue weighted by Gasteiger charge is 2.18. The van der Waals surface area contributed by atoms with Crippen LogP contribution in [0.5, 0.6) is 5.75 Å². The zero-order valence-electron chi connectivity index (χ0n) is 17.0. The number of rotatable bonds is 5. The number of furan rings is 1. The molecule has 30 heavy (non-hydrogen) atoms. The first-order chi connectivity index (χ1) is 14.8. The van der Waals surface area contributed by atoms with Gasteiger partial charge in [0.2, 0.25) is 0 Å². The minimum atomic E-state index is -0.177. The highest BCUT2D eigenvalue weighted by Crippen LogP contribution is 2.34. The lowest BCUT2D eigenvalue weighted by molar-refractivity contribution is -0.118. The molecule has 0 spiro atoms. The van der Waals surface area contributed by atoms with E-state index in [1.165, 1.54) is 18.4 Å². The van der Waals surface area contributed by atoms with Crippen LogP contribution in [0.1, 0.15) is 24.2 Å². The third kappa shape index (κ3) is 4.00. The first kappa shape index (κ1) is 19.0. The van der Waals surface area contributed by atoms with Crippen molar-refractivity contribution in [2.45, 2.75) is 25.7 Å². The van der Waals surface area contributed by atoms with Gasteiger partial charge in [-0.3, -0.25) is 4.79 Å². The van der Waals surface area contributed by atoms with Gasteiger partial charge in [-0.05, 0) is 55.7 Å². The Morgan fingerprint density at radius 3 is 2.83 bits per heavy atom. The number of amides is 1. The Balaban J connectivity index is 1.22. The molecule has 1 N–H and O–H groups in total. The van der Waals surface area contributed by atoms with E-state index in [1.54, 1.807) is 0 Å². The van der Waals surface area contributed by atoms with E-state index in [0.29, 0.717) is 5.75 Å². The second-order valence-electron chi connectivity index (χ2n) is 7.86. The molecule has 0 saturated carbocycles. The molecule has 5 rings (SSSR count). The maximum absolute atomic E-state index is 12.4. The Labute approximate surface area is 175 Å². The lowest BCUT2D eigenvalue weighted by Crippen LogP contribution is -2.36. The Bertz CT molecular complexity index is 1050. The smallest absolute Gasteiger partial charge is 0.262 e. The third-order valence-electron chi connectivity index (χ3n) is 5.80. The number of nitrogens with one attached hydrogen (secondary N) is 1. The normalized spacial score (nSPS) is 16.3. The van der Waals surface area contributed by atoms with Gasteiger partial charge in [0.15, 0.2) is 6.61 Å². The van der Waals surface area contributed by atoms with Gasteiger partial charge in [0.25, 0.3) is 5.91 Å². The van der Waals surface area contributed by atoms with Gasteiger partial charge in [-0.25, -0.2) is 0 Å². The number of hydrogen-bond acceptors (Lipinski definition) is 5. The van der Waals surface area contributed by atoms with E-state index in [4.69, 9.17) is 13.9 Å². The van der Waals surface area contributed by atoms with Gasteiger partial charge in [0.05, 0.1) is 13.2 Å². The molecule has 0 bridgehead atoms. The highest BCUT2D eigenvalue weighted by atomic mass is 16.5. The molecule has 6 nitrogen and oxygen atoms in total. The number of hydrogen-bond donors (Lipinski definition) is 1. The number of morpholine rings is 1. The predicted octanol–water partition coefficient (Wildman–Crippen LogP) is 4.17. The van der Waals surface area contributed by atoms with Gasteiger partial charge < -0.3 is 24.1 Å². The molecule has 1 aromatic heterocycles. The number of anilines is 2. The summed E-state index contributed by atoms with van der Waals surface area (Å²) >= 11 is 0. The van der Waals surface area contributed by atoms with E-state index in [-0.39, 0.29) is 12.5 Å². The lowest BCUT2D eigenvalue weighted by Gasteiger charge is -2.29. The molecule has 3 aromatic rings. The van der Waals surface area contributed by atoms with Crippen molar-refractivity contribution in [2.75, 3.05) is 43.1 Å². The van der Waals surface area contributed by atoms with Crippen molar-refractivity contribution in [2.24, 2.45) is 0 Å². The molecule has 0 unspecified atom stereocenters. The summed E-state index contributed by atoms with van der Waals surface area (Å²) in [4.78, 5) is 14.7. The molecule has 2 aliphatic rings. The van der Waals surface area contributed by atoms with E-state index in [2.05, 4.69) is 16.3 Å². The van der Waals surface area contributed by atoms with Gasteiger partial charge in [-0.2, -0.15) is 0 Å². The van der Waals surface area contributed by atoms with Gasteiger partial charge >= 0.3 is 0 Å². The summed E-state index contributed by atoms with van der Waals surface area (Å²) in [5.41, 5.74) is 4.06. The summed E-state index contributed by atoms with van der Waals surface area (Å²) in [5, 5.41) is 4.05. The molecule has 1 aliphatic heterocycles. The van der Waals surface area contributed by atoms with E-state index in [1.807, 2.05) is 36.4 Å². The van der Waals surface area contributed by atoms with Crippen LogP contribution in [0, 0.1) is 0 Å². The van der Waals surface area contributed by atoms with Crippen LogP contribution in [0.2, 0.25) is 0 Å². The Kier molecular flexibility index (Phi) is 5.32. The number of carbonyl (C=O) groups excluding carboxylic acids is 1. The van der Waals surface area contributed by atoms with E-state index < -0.39 is 0 Å². The Morgan fingerprint density at radius 2 is 1.93 bits per heavy atom. The van der Waals surface area contributed by atoms with Gasteiger partial charge in [0.1, 0.15) is 17.1 Å². The highest BCUT2D eigenvalue weighted by molar-refractivity contribution is 5.92. The second-order valence-corrected chi connectivity index (χ2v) is 7.86. The number of ether oxygens (including phenoxy) is 2. The number of nitrogens with zero attached hydrogens (tertiary/aromatic N) is 1. The monoisotopic (exact) mass is 406 g/mol. The minimum Gasteiger partial charge on any atom is -0.484 e. The molecule has 0 radical (unpaired) electrons. The van der Waals surface area contributed by atoms with Crippen molar-refractivity contribution in [3.05, 3.63) is 53.8 Å². The SMILES string of the molecule is O=C(COc1ccc2oc3c(c2c1)CCCC3)Nc1cccc(N2CCOCC2)c1. The second kappa shape index (κ2) is 8.40. The molecule has 156 valence electrons. The molecule has 0 atom stereocenters. The van der Waals surface area contributed by atoms with Gasteiger partial charge in [-0.1, -0.05) is 6.07 Å². The fourth-order valence-corrected chi connectivity index (χ4v) is 4.28. The summed E-state index contributed by atoms with van der Waals surface area (Å²) < 4.78 is 17.1. The summed E-state index contributed by atoms with van der Waals surface area (Å²) in [7, 11) is 0. The molecular weight excluding hydrogens is 380 g/mol. The van der Waals surface area contributed by atoms with Crippen LogP contribution in [0.25, 0.3) is 11.0 Å². The Morgan fingerprint density at radius 1 is 1.07 bits per heavy atom. The van der Waals surface area contributed by atoms with Crippen molar-refractivity contribution in [1.82, 2.24) is 0 Å². The molecule has 2 heterocycles. The maximum atomic E-state index is 12.4. The summed E-state index contributed by atoms with van der Waals surface area (Å²) in [5.74, 6) is 1.61. The van der Waals surface area contributed by atoms with Crippen LogP contribution in [0.15, 0.2) is 46.9 Å². The minimum absolute atomic E-state index is 0.0344. The molecule has 6 heteroatoms. The molecule has 1 fully saturated rings. The van der Waals surface area contributed by atoms with E-state index in [0.717, 1.165) is 67.2 Å². The lowest BCUT2D eigenvalue weighted by atomic mass is 9.96. The molecule has 1 amide bonds. The number of carbonyl (C=O) groups is 1. The first-order valence-electron chi connectivity index (χ1n) is 10.7. The fraction of sp³-hybridized carbons (Fsp3) is 0.375. The number of aryl methyl sites for hydroxylation is 2. The van der Waals surface area contributed by atoms with Crippen LogP contribution in [0.3, 0.4) is 0 Å². The fourth-order valence-electron chi connectivity index (χ4n) is 4.28. The number of fused-ring (bicyclic) bond motifs is 3. The van der Waals surface area contributed by atoms with Gasteiger partial charge in [-0.15, -0.1) is 0 Å². The van der Waals surface area contributed by atoms with Crippen LogP contribution in [-0.4, -0.2) is 38.8 Å². The summed E-state index contributed by atoms with van der Waals surface area (Å²) in [6, 6.07) is 13.7. The topological polar surface area (TPSA) is 63.9 Å². The predicted molar refractivity (Wildman–Crippen MR) is 116 cm³/mol. The maximum Gasteiger partial charge on any atom is 0.262 e. The van der Waals surface area contributed by atoms with Crippen molar-refractivity contribution < 1.29 is 18.7 Å². The molecule has 1 aliphatic carbocycles. The average Bonchev–Trinajstić information content (AvgIpc) is 3.16. The third-order valence-corrected chi connectivity index (χ3v) is 5.80. The first-order valence-corrected chi connectivity index (χ1v) is 10.7. The van der Waals surface area contributed by atoms with Crippen LogP contribution in [0.4, 0.5) is 11.4 Å². The van der Waals surface area contributed by atoms with Crippen molar-refractivity contribution in [3.8, 4) is 5.75 Å². The molecule has 1 saturated heterocycles. The van der Waals surface area contributed by atoms with Crippen LogP contribution in [-0.2, 0) is 22.4 Å². The van der Waals surface area contributed by atoms with Crippen molar-refractivity contribution in [1.29, 1.82) is 0 Å². The van der Waals surface area contributed by atoms with Crippen molar-refractivity contribution >= 4 is 28.3 Å². The standard InChI is InChI=1S/C24H26N2O4/c27-24(25-17-4-3-5-18(14-17)26-10-12-28-13-11-26)16-29-19-8-9-23-21(15-19)20-6-1-2-7-22(20)30-23/h3-5,8-9,14-15H,1-2,6-7,10-13,16H2,(H,25,27). The molecular formula is C24H26N2O4. The largest absolute Gasteiger partial charge is 0.484 e. The van der Waals surface area contributed by atoms with Crippen LogP contribution >= 0.6 is 0 Å². The average molecular weight is 406 g/mol. The zero-order chi connectivity index (χ0) is 20.3. The van der Waals surface area contributed by atoms with Crippen LogP contribution < -0.4 is 15.0 Å². The number of benzene rings is 2.